The minimum Gasteiger partial charge on any atom is -0.495 e. The highest BCUT2D eigenvalue weighted by molar-refractivity contribution is 5.32. The number of methoxy groups -OCH3 is 2. The molecule has 4 heteroatoms. The number of ether oxygens (including phenoxy) is 2. The van der Waals surface area contributed by atoms with Crippen molar-refractivity contribution in [2.24, 2.45) is 0 Å². The van der Waals surface area contributed by atoms with Crippen molar-refractivity contribution in [3.8, 4) is 5.75 Å². The van der Waals surface area contributed by atoms with Gasteiger partial charge in [-0.25, -0.2) is 0 Å². The summed E-state index contributed by atoms with van der Waals surface area (Å²) in [5.74, 6) is 0.826. The van der Waals surface area contributed by atoms with Gasteiger partial charge in [0.15, 0.2) is 0 Å². The molecule has 0 aliphatic carbocycles. The van der Waals surface area contributed by atoms with Crippen molar-refractivity contribution in [3.63, 3.8) is 0 Å². The molecule has 1 aromatic heterocycles. The van der Waals surface area contributed by atoms with E-state index < -0.39 is 0 Å². The molecule has 0 aliphatic rings. The van der Waals surface area contributed by atoms with Crippen molar-refractivity contribution < 1.29 is 9.47 Å². The minimum absolute atomic E-state index is 0.102. The number of nitrogens with zero attached hydrogens (tertiary/aromatic N) is 1. The molecule has 1 N–H and O–H groups in total. The lowest BCUT2D eigenvalue weighted by Gasteiger charge is -2.26. The maximum Gasteiger partial charge on any atom is 0.141 e. The lowest BCUT2D eigenvalue weighted by molar-refractivity contribution is 0.0118. The molecule has 1 heterocycles. The molecule has 0 aliphatic heterocycles. The van der Waals surface area contributed by atoms with Crippen LogP contribution < -0.4 is 10.1 Å². The van der Waals surface area contributed by atoms with Crippen LogP contribution in [0.4, 0.5) is 0 Å². The van der Waals surface area contributed by atoms with E-state index in [1.165, 1.54) is 0 Å². The van der Waals surface area contributed by atoms with Gasteiger partial charge in [-0.2, -0.15) is 0 Å². The number of aromatic nitrogens is 1. The Morgan fingerprint density at radius 1 is 1.39 bits per heavy atom. The van der Waals surface area contributed by atoms with Crippen molar-refractivity contribution in [2.45, 2.75) is 38.3 Å². The summed E-state index contributed by atoms with van der Waals surface area (Å²) in [6, 6.07) is 2.25. The molecule has 1 unspecified atom stereocenters. The lowest BCUT2D eigenvalue weighted by atomic mass is 9.95. The molecule has 102 valence electrons. The van der Waals surface area contributed by atoms with Crippen molar-refractivity contribution in [2.75, 3.05) is 21.3 Å². The van der Waals surface area contributed by atoms with Crippen LogP contribution in [0.15, 0.2) is 18.5 Å². The second kappa shape index (κ2) is 6.71. The van der Waals surface area contributed by atoms with Gasteiger partial charge in [-0.05, 0) is 39.8 Å². The van der Waals surface area contributed by atoms with Gasteiger partial charge in [-0.3, -0.25) is 4.98 Å². The van der Waals surface area contributed by atoms with Crippen LogP contribution in [0.2, 0.25) is 0 Å². The maximum atomic E-state index is 5.45. The van der Waals surface area contributed by atoms with Crippen LogP contribution in [0.5, 0.6) is 5.75 Å². The minimum atomic E-state index is -0.102. The molecular weight excluding hydrogens is 228 g/mol. The highest BCUT2D eigenvalue weighted by atomic mass is 16.5. The fourth-order valence-corrected chi connectivity index (χ4v) is 1.90. The van der Waals surface area contributed by atoms with E-state index in [1.807, 2.05) is 13.1 Å². The van der Waals surface area contributed by atoms with Crippen LogP contribution in [0, 0.1) is 0 Å². The predicted molar refractivity (Wildman–Crippen MR) is 72.9 cm³/mol. The van der Waals surface area contributed by atoms with E-state index in [0.29, 0.717) is 0 Å². The quantitative estimate of drug-likeness (QED) is 0.810. The molecule has 0 radical (unpaired) electrons. The van der Waals surface area contributed by atoms with Crippen LogP contribution in [-0.4, -0.2) is 31.9 Å². The van der Waals surface area contributed by atoms with Gasteiger partial charge in [0, 0.05) is 24.9 Å². The summed E-state index contributed by atoms with van der Waals surface area (Å²) < 4.78 is 10.8. The smallest absolute Gasteiger partial charge is 0.141 e. The monoisotopic (exact) mass is 252 g/mol. The van der Waals surface area contributed by atoms with Crippen LogP contribution in [0.1, 0.15) is 38.3 Å². The summed E-state index contributed by atoms with van der Waals surface area (Å²) in [6.07, 6.45) is 5.50. The third-order valence-electron chi connectivity index (χ3n) is 3.35. The molecular formula is C14H24N2O2. The Morgan fingerprint density at radius 3 is 2.67 bits per heavy atom. The first-order valence-corrected chi connectivity index (χ1v) is 6.24. The highest BCUT2D eigenvalue weighted by Crippen LogP contribution is 2.29. The molecule has 1 atom stereocenters. The Balaban J connectivity index is 2.77. The molecule has 18 heavy (non-hydrogen) atoms. The molecule has 1 aromatic rings. The number of hydrogen-bond acceptors (Lipinski definition) is 4. The molecule has 0 aromatic carbocycles. The second-order valence-electron chi connectivity index (χ2n) is 4.96. The van der Waals surface area contributed by atoms with Crippen LogP contribution >= 0.6 is 0 Å². The number of rotatable bonds is 7. The van der Waals surface area contributed by atoms with Crippen LogP contribution in [0.3, 0.4) is 0 Å². The molecule has 0 fully saturated rings. The normalized spacial score (nSPS) is 13.4. The molecule has 0 bridgehead atoms. The highest BCUT2D eigenvalue weighted by Gasteiger charge is 2.21. The zero-order chi connectivity index (χ0) is 13.6. The number of pyridine rings is 1. The molecule has 0 saturated carbocycles. The third kappa shape index (κ3) is 3.96. The molecule has 0 spiro atoms. The van der Waals surface area contributed by atoms with Crippen LogP contribution in [-0.2, 0) is 4.74 Å². The third-order valence-corrected chi connectivity index (χ3v) is 3.35. The van der Waals surface area contributed by atoms with E-state index in [4.69, 9.17) is 9.47 Å². The maximum absolute atomic E-state index is 5.45. The predicted octanol–water partition coefficient (Wildman–Crippen LogP) is 2.56. The molecule has 0 amide bonds. The molecule has 0 saturated heterocycles. The summed E-state index contributed by atoms with van der Waals surface area (Å²) in [4.78, 5) is 4.08. The van der Waals surface area contributed by atoms with E-state index in [2.05, 4.69) is 24.1 Å². The van der Waals surface area contributed by atoms with E-state index in [-0.39, 0.29) is 11.6 Å². The standard InChI is InChI=1S/C14H24N2O2/c1-14(2,18-5)8-6-12(15-3)11-7-9-16-10-13(11)17-4/h7,9-10,12,15H,6,8H2,1-5H3. The van der Waals surface area contributed by atoms with Crippen molar-refractivity contribution in [1.82, 2.24) is 10.3 Å². The van der Waals surface area contributed by atoms with Crippen molar-refractivity contribution in [1.29, 1.82) is 0 Å². The molecule has 1 rings (SSSR count). The Kier molecular flexibility index (Phi) is 5.56. The first-order valence-electron chi connectivity index (χ1n) is 6.24. The Morgan fingerprint density at radius 2 is 2.11 bits per heavy atom. The summed E-state index contributed by atoms with van der Waals surface area (Å²) in [7, 11) is 5.39. The largest absolute Gasteiger partial charge is 0.495 e. The van der Waals surface area contributed by atoms with Gasteiger partial charge in [0.05, 0.1) is 18.9 Å². The average Bonchev–Trinajstić information content (AvgIpc) is 2.40. The van der Waals surface area contributed by atoms with Gasteiger partial charge < -0.3 is 14.8 Å². The Labute approximate surface area is 110 Å². The number of nitrogens with one attached hydrogen (secondary N) is 1. The van der Waals surface area contributed by atoms with Gasteiger partial charge in [0.1, 0.15) is 5.75 Å². The van der Waals surface area contributed by atoms with Gasteiger partial charge in [0.25, 0.3) is 0 Å². The van der Waals surface area contributed by atoms with E-state index in [1.54, 1.807) is 26.6 Å². The van der Waals surface area contributed by atoms with E-state index in [9.17, 15) is 0 Å². The van der Waals surface area contributed by atoms with Gasteiger partial charge in [-0.1, -0.05) is 0 Å². The fourth-order valence-electron chi connectivity index (χ4n) is 1.90. The van der Waals surface area contributed by atoms with Gasteiger partial charge in [0.2, 0.25) is 0 Å². The average molecular weight is 252 g/mol. The fraction of sp³-hybridized carbons (Fsp3) is 0.643. The lowest BCUT2D eigenvalue weighted by Crippen LogP contribution is -2.26. The topological polar surface area (TPSA) is 43.4 Å². The van der Waals surface area contributed by atoms with Crippen molar-refractivity contribution >= 4 is 0 Å². The van der Waals surface area contributed by atoms with Gasteiger partial charge >= 0.3 is 0 Å². The molecule has 4 nitrogen and oxygen atoms in total. The summed E-state index contributed by atoms with van der Waals surface area (Å²) in [5.41, 5.74) is 1.04. The van der Waals surface area contributed by atoms with E-state index >= 15 is 0 Å². The zero-order valence-corrected chi connectivity index (χ0v) is 12.0. The first kappa shape index (κ1) is 14.9. The Bertz CT molecular complexity index is 367. The number of hydrogen-bond donors (Lipinski definition) is 1. The summed E-state index contributed by atoms with van der Waals surface area (Å²) >= 11 is 0. The first-order chi connectivity index (χ1) is 8.54. The van der Waals surface area contributed by atoms with E-state index in [0.717, 1.165) is 24.2 Å². The SMILES string of the molecule is CNC(CCC(C)(C)OC)c1ccncc1OC. The second-order valence-corrected chi connectivity index (χ2v) is 4.96. The Hall–Kier alpha value is -1.13. The van der Waals surface area contributed by atoms with Gasteiger partial charge in [-0.15, -0.1) is 0 Å². The summed E-state index contributed by atoms with van der Waals surface area (Å²) in [6.45, 7) is 4.20. The van der Waals surface area contributed by atoms with Crippen molar-refractivity contribution in [3.05, 3.63) is 24.0 Å². The zero-order valence-electron chi connectivity index (χ0n) is 12.0. The van der Waals surface area contributed by atoms with Crippen LogP contribution in [0.25, 0.3) is 0 Å². The summed E-state index contributed by atoms with van der Waals surface area (Å²) in [5, 5.41) is 3.33.